The molecule has 0 spiro atoms. The number of sulfonamides is 1. The van der Waals surface area contributed by atoms with Crippen LogP contribution in [0.5, 0.6) is 0 Å². The van der Waals surface area contributed by atoms with Gasteiger partial charge in [0.05, 0.1) is 16.5 Å². The third-order valence-electron chi connectivity index (χ3n) is 4.87. The molecular weight excluding hydrogens is 466 g/mol. The lowest BCUT2D eigenvalue weighted by atomic mass is 10.2. The highest BCUT2D eigenvalue weighted by atomic mass is 32.2. The number of carbonyl (C=O) groups is 1. The van der Waals surface area contributed by atoms with Crippen molar-refractivity contribution in [3.63, 3.8) is 0 Å². The highest BCUT2D eigenvalue weighted by molar-refractivity contribution is 8.00. The molecule has 0 aliphatic carbocycles. The van der Waals surface area contributed by atoms with Crippen LogP contribution in [0.3, 0.4) is 0 Å². The number of hydrogen-bond acceptors (Lipinski definition) is 8. The molecule has 1 aliphatic rings. The number of nitriles is 1. The quantitative estimate of drug-likeness (QED) is 0.400. The monoisotopic (exact) mass is 485 g/mol. The van der Waals surface area contributed by atoms with Crippen molar-refractivity contribution in [3.05, 3.63) is 65.2 Å². The Labute approximate surface area is 194 Å². The maximum atomic E-state index is 12.8. The van der Waals surface area contributed by atoms with Gasteiger partial charge in [0.1, 0.15) is 0 Å². The van der Waals surface area contributed by atoms with Gasteiger partial charge >= 0.3 is 0 Å². The van der Waals surface area contributed by atoms with Gasteiger partial charge in [-0.05, 0) is 48.7 Å². The van der Waals surface area contributed by atoms with Gasteiger partial charge in [0.15, 0.2) is 4.34 Å². The van der Waals surface area contributed by atoms with E-state index in [1.165, 1.54) is 39.5 Å². The van der Waals surface area contributed by atoms with Crippen molar-refractivity contribution in [2.45, 2.75) is 27.8 Å². The van der Waals surface area contributed by atoms with Gasteiger partial charge in [-0.1, -0.05) is 41.3 Å². The average molecular weight is 486 g/mol. The van der Waals surface area contributed by atoms with Gasteiger partial charge in [-0.3, -0.25) is 10.1 Å². The SMILES string of the molecule is N#Cc1ccc(CSc2nnc(NC(=O)c3cccc(S(=O)(=O)N4CCCC4)c3)s2)cc1. The first-order chi connectivity index (χ1) is 15.5. The molecule has 1 fully saturated rings. The number of hydrogen-bond donors (Lipinski definition) is 1. The Kier molecular flexibility index (Phi) is 6.86. The molecule has 0 unspecified atom stereocenters. The number of aromatic nitrogens is 2. The molecule has 2 heterocycles. The van der Waals surface area contributed by atoms with Crippen LogP contribution < -0.4 is 5.32 Å². The fourth-order valence-electron chi connectivity index (χ4n) is 3.18. The summed E-state index contributed by atoms with van der Waals surface area (Å²) in [6.45, 7) is 1.01. The van der Waals surface area contributed by atoms with Crippen LogP contribution in [0.1, 0.15) is 34.3 Å². The third kappa shape index (κ3) is 5.16. The van der Waals surface area contributed by atoms with E-state index in [-0.39, 0.29) is 10.5 Å². The fourth-order valence-corrected chi connectivity index (χ4v) is 6.45. The summed E-state index contributed by atoms with van der Waals surface area (Å²) in [5.41, 5.74) is 1.90. The maximum Gasteiger partial charge on any atom is 0.257 e. The van der Waals surface area contributed by atoms with Crippen LogP contribution in [-0.4, -0.2) is 41.9 Å². The minimum absolute atomic E-state index is 0.114. The number of rotatable bonds is 7. The van der Waals surface area contributed by atoms with Crippen LogP contribution in [0.4, 0.5) is 5.13 Å². The summed E-state index contributed by atoms with van der Waals surface area (Å²) < 4.78 is 27.6. The Hall–Kier alpha value is -2.78. The van der Waals surface area contributed by atoms with Crippen molar-refractivity contribution in [2.75, 3.05) is 18.4 Å². The molecule has 1 aliphatic heterocycles. The first-order valence-corrected chi connectivity index (χ1v) is 13.1. The second-order valence-electron chi connectivity index (χ2n) is 7.06. The van der Waals surface area contributed by atoms with Crippen molar-refractivity contribution in [2.24, 2.45) is 0 Å². The van der Waals surface area contributed by atoms with Gasteiger partial charge < -0.3 is 0 Å². The number of nitrogens with zero attached hydrogens (tertiary/aromatic N) is 4. The lowest BCUT2D eigenvalue weighted by Gasteiger charge is -2.15. The van der Waals surface area contributed by atoms with Crippen molar-refractivity contribution in [1.82, 2.24) is 14.5 Å². The first kappa shape index (κ1) is 22.4. The molecule has 0 radical (unpaired) electrons. The Morgan fingerprint density at radius 3 is 2.62 bits per heavy atom. The minimum Gasteiger partial charge on any atom is -0.296 e. The van der Waals surface area contributed by atoms with Gasteiger partial charge in [-0.15, -0.1) is 10.2 Å². The van der Waals surface area contributed by atoms with E-state index < -0.39 is 15.9 Å². The van der Waals surface area contributed by atoms with Gasteiger partial charge in [-0.2, -0.15) is 9.57 Å². The molecule has 0 atom stereocenters. The van der Waals surface area contributed by atoms with Gasteiger partial charge in [0.25, 0.3) is 5.91 Å². The summed E-state index contributed by atoms with van der Waals surface area (Å²) >= 11 is 2.72. The molecule has 1 saturated heterocycles. The summed E-state index contributed by atoms with van der Waals surface area (Å²) in [7, 11) is -3.59. The molecule has 32 heavy (non-hydrogen) atoms. The zero-order valence-electron chi connectivity index (χ0n) is 16.9. The van der Waals surface area contributed by atoms with Crippen LogP contribution in [0.25, 0.3) is 0 Å². The van der Waals surface area contributed by atoms with E-state index in [0.29, 0.717) is 33.9 Å². The average Bonchev–Trinajstić information content (AvgIpc) is 3.51. The normalized spacial score (nSPS) is 14.2. The summed E-state index contributed by atoms with van der Waals surface area (Å²) in [6.07, 6.45) is 1.70. The first-order valence-electron chi connectivity index (χ1n) is 9.82. The predicted octanol–water partition coefficient (Wildman–Crippen LogP) is 3.74. The molecule has 3 aromatic rings. The van der Waals surface area contributed by atoms with Gasteiger partial charge in [0.2, 0.25) is 15.2 Å². The second kappa shape index (κ2) is 9.79. The lowest BCUT2D eigenvalue weighted by Crippen LogP contribution is -2.28. The fraction of sp³-hybridized carbons (Fsp3) is 0.238. The highest BCUT2D eigenvalue weighted by Gasteiger charge is 2.27. The number of nitrogens with one attached hydrogen (secondary N) is 1. The van der Waals surface area contributed by atoms with Crippen LogP contribution in [0.15, 0.2) is 57.8 Å². The second-order valence-corrected chi connectivity index (χ2v) is 11.2. The van der Waals surface area contributed by atoms with Crippen molar-refractivity contribution in [1.29, 1.82) is 5.26 Å². The molecule has 1 aromatic heterocycles. The van der Waals surface area contributed by atoms with Gasteiger partial charge in [-0.25, -0.2) is 8.42 Å². The Morgan fingerprint density at radius 1 is 1.16 bits per heavy atom. The summed E-state index contributed by atoms with van der Waals surface area (Å²) in [4.78, 5) is 12.8. The van der Waals surface area contributed by atoms with E-state index in [1.54, 1.807) is 24.3 Å². The largest absolute Gasteiger partial charge is 0.296 e. The Morgan fingerprint density at radius 2 is 1.91 bits per heavy atom. The molecule has 2 aromatic carbocycles. The molecule has 1 amide bonds. The summed E-state index contributed by atoms with van der Waals surface area (Å²) in [6, 6.07) is 15.4. The van der Waals surface area contributed by atoms with E-state index in [4.69, 9.17) is 5.26 Å². The number of amides is 1. The minimum atomic E-state index is -3.59. The van der Waals surface area contributed by atoms with E-state index in [2.05, 4.69) is 21.6 Å². The Bertz CT molecular complexity index is 1260. The van der Waals surface area contributed by atoms with Crippen LogP contribution in [-0.2, 0) is 15.8 Å². The molecule has 1 N–H and O–H groups in total. The van der Waals surface area contributed by atoms with Crippen molar-refractivity contribution in [3.8, 4) is 6.07 Å². The molecular formula is C21H19N5O3S3. The predicted molar refractivity (Wildman–Crippen MR) is 123 cm³/mol. The van der Waals surface area contributed by atoms with Crippen molar-refractivity contribution < 1.29 is 13.2 Å². The molecule has 0 saturated carbocycles. The lowest BCUT2D eigenvalue weighted by molar-refractivity contribution is 0.102. The topological polar surface area (TPSA) is 116 Å². The molecule has 164 valence electrons. The van der Waals surface area contributed by atoms with Crippen molar-refractivity contribution >= 4 is 44.2 Å². The number of carbonyl (C=O) groups excluding carboxylic acids is 1. The molecule has 8 nitrogen and oxygen atoms in total. The standard InChI is InChI=1S/C21H19N5O3S3/c22-13-15-6-8-16(9-7-15)14-30-21-25-24-20(31-21)23-19(27)17-4-3-5-18(12-17)32(28,29)26-10-1-2-11-26/h3-9,12H,1-2,10-11,14H2,(H,23,24,27). The van der Waals surface area contributed by atoms with E-state index in [9.17, 15) is 13.2 Å². The van der Waals surface area contributed by atoms with E-state index >= 15 is 0 Å². The zero-order valence-corrected chi connectivity index (χ0v) is 19.3. The number of thioether (sulfide) groups is 1. The molecule has 0 bridgehead atoms. The highest BCUT2D eigenvalue weighted by Crippen LogP contribution is 2.29. The van der Waals surface area contributed by atoms with Gasteiger partial charge in [0, 0.05) is 24.4 Å². The number of benzene rings is 2. The third-order valence-corrected chi connectivity index (χ3v) is 8.81. The smallest absolute Gasteiger partial charge is 0.257 e. The molecule has 11 heteroatoms. The maximum absolute atomic E-state index is 12.8. The summed E-state index contributed by atoms with van der Waals surface area (Å²) in [5.74, 6) is 0.216. The van der Waals surface area contributed by atoms with Crippen LogP contribution >= 0.6 is 23.1 Å². The van der Waals surface area contributed by atoms with Crippen LogP contribution in [0.2, 0.25) is 0 Å². The number of anilines is 1. The van der Waals surface area contributed by atoms with E-state index in [0.717, 1.165) is 18.4 Å². The molecule has 4 rings (SSSR count). The van der Waals surface area contributed by atoms with E-state index in [1.807, 2.05) is 12.1 Å². The zero-order chi connectivity index (χ0) is 22.6. The summed E-state index contributed by atoms with van der Waals surface area (Å²) in [5, 5.41) is 20.0. The van der Waals surface area contributed by atoms with Crippen LogP contribution in [0, 0.1) is 11.3 Å². The Balaban J connectivity index is 1.39.